The fourth-order valence-electron chi connectivity index (χ4n) is 1.83. The van der Waals surface area contributed by atoms with Crippen LogP contribution in [0.25, 0.3) is 0 Å². The van der Waals surface area contributed by atoms with Crippen LogP contribution in [-0.2, 0) is 6.54 Å². The van der Waals surface area contributed by atoms with E-state index < -0.39 is 0 Å². The zero-order chi connectivity index (χ0) is 13.8. The molecular formula is C13H18BrN3S2. The Morgan fingerprint density at radius 1 is 1.42 bits per heavy atom. The summed E-state index contributed by atoms with van der Waals surface area (Å²) in [7, 11) is 2.09. The number of thiophene rings is 1. The number of aromatic nitrogens is 1. The molecule has 2 heterocycles. The average Bonchev–Trinajstić information content (AvgIpc) is 2.98. The van der Waals surface area contributed by atoms with E-state index in [-0.39, 0.29) is 0 Å². The molecule has 0 aliphatic rings. The van der Waals surface area contributed by atoms with Crippen molar-refractivity contribution in [1.29, 1.82) is 0 Å². The predicted octanol–water partition coefficient (Wildman–Crippen LogP) is 4.27. The van der Waals surface area contributed by atoms with E-state index in [4.69, 9.17) is 4.98 Å². The number of anilines is 1. The lowest BCUT2D eigenvalue weighted by Crippen LogP contribution is -2.19. The molecule has 1 unspecified atom stereocenters. The van der Waals surface area contributed by atoms with Crippen molar-refractivity contribution in [3.63, 3.8) is 0 Å². The van der Waals surface area contributed by atoms with E-state index in [1.165, 1.54) is 9.35 Å². The van der Waals surface area contributed by atoms with Crippen molar-refractivity contribution in [2.75, 3.05) is 18.5 Å². The molecule has 2 aromatic heterocycles. The number of thiazole rings is 1. The van der Waals surface area contributed by atoms with Crippen LogP contribution in [0.3, 0.4) is 0 Å². The van der Waals surface area contributed by atoms with Crippen molar-refractivity contribution in [2.24, 2.45) is 0 Å². The van der Waals surface area contributed by atoms with E-state index in [0.717, 1.165) is 23.9 Å². The molecule has 2 aromatic rings. The fraction of sp³-hybridized carbons (Fsp3) is 0.462. The van der Waals surface area contributed by atoms with Gasteiger partial charge in [0.05, 0.1) is 9.48 Å². The summed E-state index contributed by atoms with van der Waals surface area (Å²) in [5.41, 5.74) is 2.44. The van der Waals surface area contributed by atoms with E-state index in [1.807, 2.05) is 0 Å². The van der Waals surface area contributed by atoms with Gasteiger partial charge in [-0.2, -0.15) is 0 Å². The van der Waals surface area contributed by atoms with E-state index in [0.29, 0.717) is 6.04 Å². The maximum Gasteiger partial charge on any atom is 0.185 e. The van der Waals surface area contributed by atoms with Crippen molar-refractivity contribution in [3.05, 3.63) is 31.9 Å². The van der Waals surface area contributed by atoms with E-state index in [1.54, 1.807) is 22.7 Å². The Morgan fingerprint density at radius 2 is 2.21 bits per heavy atom. The summed E-state index contributed by atoms with van der Waals surface area (Å²) in [5.74, 6) is 0. The minimum atomic E-state index is 0.318. The van der Waals surface area contributed by atoms with Gasteiger partial charge in [-0.1, -0.05) is 6.92 Å². The monoisotopic (exact) mass is 359 g/mol. The van der Waals surface area contributed by atoms with Gasteiger partial charge in [-0.05, 0) is 46.4 Å². The molecule has 0 fully saturated rings. The van der Waals surface area contributed by atoms with Gasteiger partial charge in [-0.3, -0.25) is 0 Å². The molecular weight excluding hydrogens is 342 g/mol. The minimum Gasteiger partial charge on any atom is -0.347 e. The number of hydrogen-bond donors (Lipinski definition) is 1. The molecule has 2 rings (SSSR count). The third-order valence-corrected chi connectivity index (χ3v) is 5.36. The molecule has 0 saturated carbocycles. The van der Waals surface area contributed by atoms with Gasteiger partial charge >= 0.3 is 0 Å². The highest BCUT2D eigenvalue weighted by Gasteiger charge is 2.12. The molecule has 1 N–H and O–H groups in total. The second kappa shape index (κ2) is 6.83. The zero-order valence-corrected chi connectivity index (χ0v) is 14.5. The molecule has 19 heavy (non-hydrogen) atoms. The van der Waals surface area contributed by atoms with Gasteiger partial charge in [0.1, 0.15) is 0 Å². The van der Waals surface area contributed by atoms with Gasteiger partial charge in [-0.15, -0.1) is 22.7 Å². The first-order valence-corrected chi connectivity index (χ1v) is 8.78. The number of nitrogens with zero attached hydrogens (tertiary/aromatic N) is 2. The number of hydrogen-bond acceptors (Lipinski definition) is 5. The quantitative estimate of drug-likeness (QED) is 0.834. The normalized spacial score (nSPS) is 12.6. The first kappa shape index (κ1) is 15.0. The van der Waals surface area contributed by atoms with Crippen molar-refractivity contribution >= 4 is 43.7 Å². The van der Waals surface area contributed by atoms with Crippen LogP contribution in [0.5, 0.6) is 0 Å². The Hall–Kier alpha value is -0.430. The van der Waals surface area contributed by atoms with Crippen molar-refractivity contribution in [1.82, 2.24) is 10.3 Å². The van der Waals surface area contributed by atoms with Crippen LogP contribution in [0.4, 0.5) is 5.13 Å². The first-order chi connectivity index (χ1) is 9.10. The summed E-state index contributed by atoms with van der Waals surface area (Å²) in [5, 5.41) is 8.78. The van der Waals surface area contributed by atoms with Gasteiger partial charge in [0, 0.05) is 25.0 Å². The fourth-order valence-corrected chi connectivity index (χ4v) is 3.92. The third kappa shape index (κ3) is 4.02. The molecule has 0 radical (unpaired) electrons. The Balaban J connectivity index is 2.01. The summed E-state index contributed by atoms with van der Waals surface area (Å²) < 4.78 is 1.18. The molecule has 0 amide bonds. The number of nitrogens with one attached hydrogen (secondary N) is 1. The maximum absolute atomic E-state index is 4.71. The van der Waals surface area contributed by atoms with E-state index >= 15 is 0 Å². The highest BCUT2D eigenvalue weighted by molar-refractivity contribution is 9.11. The Kier molecular flexibility index (Phi) is 5.38. The third-order valence-electron chi connectivity index (χ3n) is 2.83. The molecule has 6 heteroatoms. The maximum atomic E-state index is 4.71. The molecule has 0 aliphatic carbocycles. The van der Waals surface area contributed by atoms with Crippen LogP contribution >= 0.6 is 38.6 Å². The molecule has 0 spiro atoms. The molecule has 0 aromatic carbocycles. The average molecular weight is 360 g/mol. The summed E-state index contributed by atoms with van der Waals surface area (Å²) in [6.45, 7) is 6.13. The Bertz CT molecular complexity index is 523. The molecule has 1 atom stereocenters. The molecule has 0 aliphatic heterocycles. The van der Waals surface area contributed by atoms with Gasteiger partial charge in [0.2, 0.25) is 0 Å². The lowest BCUT2D eigenvalue weighted by molar-refractivity contribution is 0.586. The largest absolute Gasteiger partial charge is 0.347 e. The van der Waals surface area contributed by atoms with Crippen LogP contribution in [0.1, 0.15) is 31.1 Å². The lowest BCUT2D eigenvalue weighted by atomic mass is 10.2. The number of rotatable bonds is 6. The smallest absolute Gasteiger partial charge is 0.185 e. The van der Waals surface area contributed by atoms with Crippen molar-refractivity contribution < 1.29 is 0 Å². The highest BCUT2D eigenvalue weighted by Crippen LogP contribution is 2.26. The lowest BCUT2D eigenvalue weighted by Gasteiger charge is -2.15. The first-order valence-electron chi connectivity index (χ1n) is 6.23. The van der Waals surface area contributed by atoms with Gasteiger partial charge < -0.3 is 10.2 Å². The summed E-state index contributed by atoms with van der Waals surface area (Å²) in [6.07, 6.45) is 0. The highest BCUT2D eigenvalue weighted by atomic mass is 79.9. The minimum absolute atomic E-state index is 0.318. The van der Waals surface area contributed by atoms with E-state index in [2.05, 4.69) is 63.9 Å². The Morgan fingerprint density at radius 3 is 2.84 bits per heavy atom. The van der Waals surface area contributed by atoms with Crippen LogP contribution in [0.2, 0.25) is 0 Å². The number of halogens is 1. The van der Waals surface area contributed by atoms with Gasteiger partial charge in [0.25, 0.3) is 0 Å². The second-order valence-corrected chi connectivity index (χ2v) is 7.58. The van der Waals surface area contributed by atoms with Crippen molar-refractivity contribution in [2.45, 2.75) is 26.4 Å². The van der Waals surface area contributed by atoms with Crippen molar-refractivity contribution in [3.8, 4) is 0 Å². The predicted molar refractivity (Wildman–Crippen MR) is 88.3 cm³/mol. The van der Waals surface area contributed by atoms with Crippen LogP contribution in [0, 0.1) is 0 Å². The molecule has 104 valence electrons. The van der Waals surface area contributed by atoms with Crippen LogP contribution in [-0.4, -0.2) is 18.6 Å². The SMILES string of the molecule is CCNC(C)c1csc(N(C)Cc2csc(Br)c2)n1. The molecule has 0 bridgehead atoms. The standard InChI is InChI=1S/C13H18BrN3S2/c1-4-15-9(2)11-8-19-13(16-11)17(3)6-10-5-12(14)18-7-10/h5,7-9,15H,4,6H2,1-3H3. The summed E-state index contributed by atoms with van der Waals surface area (Å²) in [6, 6.07) is 2.48. The second-order valence-electron chi connectivity index (χ2n) is 4.45. The van der Waals surface area contributed by atoms with E-state index in [9.17, 15) is 0 Å². The molecule has 3 nitrogen and oxygen atoms in total. The van der Waals surface area contributed by atoms with Gasteiger partial charge in [0.15, 0.2) is 5.13 Å². The van der Waals surface area contributed by atoms with Crippen LogP contribution in [0.15, 0.2) is 20.6 Å². The summed E-state index contributed by atoms with van der Waals surface area (Å²) in [4.78, 5) is 6.90. The molecule has 0 saturated heterocycles. The Labute approximate surface area is 130 Å². The topological polar surface area (TPSA) is 28.2 Å². The van der Waals surface area contributed by atoms with Crippen LogP contribution < -0.4 is 10.2 Å². The summed E-state index contributed by atoms with van der Waals surface area (Å²) >= 11 is 6.92. The zero-order valence-electron chi connectivity index (χ0n) is 11.3. The van der Waals surface area contributed by atoms with Gasteiger partial charge in [-0.25, -0.2) is 4.98 Å².